The van der Waals surface area contributed by atoms with Crippen LogP contribution in [0.1, 0.15) is 33.7 Å². The Bertz CT molecular complexity index is 517. The molecule has 2 heteroatoms. The highest BCUT2D eigenvalue weighted by atomic mass is 32.2. The van der Waals surface area contributed by atoms with Gasteiger partial charge in [0.2, 0.25) is 0 Å². The first kappa shape index (κ1) is 12.4. The van der Waals surface area contributed by atoms with E-state index in [2.05, 4.69) is 68.9 Å². The zero-order valence-corrected chi connectivity index (χ0v) is 11.8. The highest BCUT2D eigenvalue weighted by Gasteiger charge is 2.10. The second-order valence-corrected chi connectivity index (χ2v) is 6.53. The summed E-state index contributed by atoms with van der Waals surface area (Å²) in [6.45, 7) is 8.89. The Balaban J connectivity index is 2.51. The van der Waals surface area contributed by atoms with Crippen LogP contribution in [0.2, 0.25) is 0 Å². The summed E-state index contributed by atoms with van der Waals surface area (Å²) in [6, 6.07) is 9.31. The molecule has 0 radical (unpaired) electrons. The largest absolute Gasteiger partial charge is 0.202 e. The van der Waals surface area contributed by atoms with E-state index in [1.54, 1.807) is 0 Å². The number of thioether (sulfide) groups is 1. The predicted molar refractivity (Wildman–Crippen MR) is 75.5 cm³/mol. The van der Waals surface area contributed by atoms with Crippen LogP contribution in [0.4, 0.5) is 0 Å². The van der Waals surface area contributed by atoms with E-state index in [4.69, 9.17) is 0 Å². The van der Waals surface area contributed by atoms with Gasteiger partial charge in [-0.2, -0.15) is 0 Å². The third kappa shape index (κ3) is 2.81. The maximum Gasteiger partial charge on any atom is 0.176 e. The van der Waals surface area contributed by atoms with Gasteiger partial charge in [0.25, 0.3) is 0 Å². The standard InChI is InChI=1S/C15H20NS/c1-11(2)16-9-8-14-13(10-16)6-5-7-15(14)17-12(3)4/h5-12H,1-4H3/q+1. The van der Waals surface area contributed by atoms with E-state index in [9.17, 15) is 0 Å². The highest BCUT2D eigenvalue weighted by Crippen LogP contribution is 2.29. The predicted octanol–water partition coefficient (Wildman–Crippen LogP) is 4.21. The van der Waals surface area contributed by atoms with Crippen LogP contribution in [-0.4, -0.2) is 5.25 Å². The van der Waals surface area contributed by atoms with Crippen molar-refractivity contribution in [2.24, 2.45) is 0 Å². The molecule has 0 aliphatic heterocycles. The van der Waals surface area contributed by atoms with Gasteiger partial charge in [0.15, 0.2) is 18.4 Å². The van der Waals surface area contributed by atoms with Crippen LogP contribution >= 0.6 is 11.8 Å². The summed E-state index contributed by atoms with van der Waals surface area (Å²) in [6.07, 6.45) is 4.42. The van der Waals surface area contributed by atoms with Crippen LogP contribution in [0.5, 0.6) is 0 Å². The number of hydrogen-bond acceptors (Lipinski definition) is 1. The fourth-order valence-corrected chi connectivity index (χ4v) is 2.87. The Hall–Kier alpha value is -1.02. The van der Waals surface area contributed by atoms with Crippen LogP contribution in [0.15, 0.2) is 41.6 Å². The van der Waals surface area contributed by atoms with E-state index in [0.717, 1.165) is 0 Å². The van der Waals surface area contributed by atoms with Crippen molar-refractivity contribution in [1.29, 1.82) is 0 Å². The summed E-state index contributed by atoms with van der Waals surface area (Å²) in [5.74, 6) is 0. The molecular weight excluding hydrogens is 226 g/mol. The SMILES string of the molecule is CC(C)Sc1cccc2c[n+](C(C)C)ccc12. The number of benzene rings is 1. The molecule has 0 aliphatic carbocycles. The van der Waals surface area contributed by atoms with E-state index >= 15 is 0 Å². The van der Waals surface area contributed by atoms with Gasteiger partial charge in [-0.25, -0.2) is 4.57 Å². The van der Waals surface area contributed by atoms with Gasteiger partial charge in [-0.1, -0.05) is 19.9 Å². The van der Waals surface area contributed by atoms with Gasteiger partial charge in [0.05, 0.1) is 0 Å². The summed E-state index contributed by atoms with van der Waals surface area (Å²) in [4.78, 5) is 1.38. The molecule has 2 aromatic rings. The van der Waals surface area contributed by atoms with Gasteiger partial charge in [-0.15, -0.1) is 11.8 Å². The summed E-state index contributed by atoms with van der Waals surface area (Å²) < 4.78 is 2.26. The van der Waals surface area contributed by atoms with Crippen LogP contribution in [0.3, 0.4) is 0 Å². The Kier molecular flexibility index (Phi) is 3.72. The molecule has 0 atom stereocenters. The van der Waals surface area contributed by atoms with Crippen molar-refractivity contribution in [1.82, 2.24) is 0 Å². The van der Waals surface area contributed by atoms with Crippen LogP contribution < -0.4 is 4.57 Å². The third-order valence-electron chi connectivity index (χ3n) is 2.76. The molecule has 0 N–H and O–H groups in total. The molecule has 1 heterocycles. The molecule has 2 rings (SSSR count). The molecule has 0 unspecified atom stereocenters. The quantitative estimate of drug-likeness (QED) is 0.579. The second kappa shape index (κ2) is 5.09. The molecule has 0 amide bonds. The van der Waals surface area contributed by atoms with Gasteiger partial charge in [-0.3, -0.25) is 0 Å². The van der Waals surface area contributed by atoms with Gasteiger partial charge >= 0.3 is 0 Å². The second-order valence-electron chi connectivity index (χ2n) is 4.91. The number of aromatic nitrogens is 1. The summed E-state index contributed by atoms with van der Waals surface area (Å²) in [5, 5.41) is 3.31. The summed E-state index contributed by atoms with van der Waals surface area (Å²) in [7, 11) is 0. The maximum atomic E-state index is 2.26. The average Bonchev–Trinajstić information content (AvgIpc) is 2.28. The number of fused-ring (bicyclic) bond motifs is 1. The van der Waals surface area contributed by atoms with Gasteiger partial charge < -0.3 is 0 Å². The van der Waals surface area contributed by atoms with Crippen molar-refractivity contribution in [3.63, 3.8) is 0 Å². The summed E-state index contributed by atoms with van der Waals surface area (Å²) >= 11 is 1.93. The van der Waals surface area contributed by atoms with Crippen molar-refractivity contribution >= 4 is 22.5 Å². The topological polar surface area (TPSA) is 3.88 Å². The number of hydrogen-bond donors (Lipinski definition) is 0. The van der Waals surface area contributed by atoms with Crippen molar-refractivity contribution < 1.29 is 4.57 Å². The lowest BCUT2D eigenvalue weighted by molar-refractivity contribution is -0.715. The fraction of sp³-hybridized carbons (Fsp3) is 0.400. The maximum absolute atomic E-state index is 2.26. The lowest BCUT2D eigenvalue weighted by Gasteiger charge is -2.08. The van der Waals surface area contributed by atoms with E-state index in [0.29, 0.717) is 11.3 Å². The molecule has 90 valence electrons. The van der Waals surface area contributed by atoms with Gasteiger partial charge in [0, 0.05) is 27.0 Å². The smallest absolute Gasteiger partial charge is 0.176 e. The Morgan fingerprint density at radius 1 is 1.06 bits per heavy atom. The molecule has 0 saturated carbocycles. The van der Waals surface area contributed by atoms with Gasteiger partial charge in [-0.05, 0) is 26.0 Å². The lowest BCUT2D eigenvalue weighted by atomic mass is 10.2. The highest BCUT2D eigenvalue weighted by molar-refractivity contribution is 8.00. The average molecular weight is 246 g/mol. The molecule has 1 aromatic carbocycles. The molecule has 0 spiro atoms. The zero-order valence-electron chi connectivity index (χ0n) is 11.0. The first-order valence-electron chi connectivity index (χ1n) is 6.18. The first-order valence-corrected chi connectivity index (χ1v) is 7.06. The van der Waals surface area contributed by atoms with Crippen LogP contribution in [-0.2, 0) is 0 Å². The fourth-order valence-electron chi connectivity index (χ4n) is 1.89. The minimum atomic E-state index is 0.515. The first-order chi connectivity index (χ1) is 8.08. The molecular formula is C15H20NS+. The Morgan fingerprint density at radius 3 is 2.47 bits per heavy atom. The minimum absolute atomic E-state index is 0.515. The molecule has 0 aliphatic rings. The van der Waals surface area contributed by atoms with E-state index in [-0.39, 0.29) is 0 Å². The number of rotatable bonds is 3. The van der Waals surface area contributed by atoms with Gasteiger partial charge in [0.1, 0.15) is 0 Å². The van der Waals surface area contributed by atoms with E-state index in [1.807, 2.05) is 11.8 Å². The van der Waals surface area contributed by atoms with Crippen LogP contribution in [0.25, 0.3) is 10.8 Å². The summed E-state index contributed by atoms with van der Waals surface area (Å²) in [5.41, 5.74) is 0. The van der Waals surface area contributed by atoms with Crippen LogP contribution in [0, 0.1) is 0 Å². The zero-order chi connectivity index (χ0) is 12.4. The lowest BCUT2D eigenvalue weighted by Crippen LogP contribution is -2.34. The minimum Gasteiger partial charge on any atom is -0.202 e. The monoisotopic (exact) mass is 246 g/mol. The molecule has 1 nitrogen and oxygen atoms in total. The number of nitrogens with zero attached hydrogens (tertiary/aromatic N) is 1. The van der Waals surface area contributed by atoms with Crippen molar-refractivity contribution in [3.05, 3.63) is 36.7 Å². The Labute approximate surface area is 108 Å². The van der Waals surface area contributed by atoms with Crippen molar-refractivity contribution in [3.8, 4) is 0 Å². The normalized spacial score (nSPS) is 11.6. The Morgan fingerprint density at radius 2 is 1.82 bits per heavy atom. The van der Waals surface area contributed by atoms with Crippen molar-refractivity contribution in [2.75, 3.05) is 0 Å². The van der Waals surface area contributed by atoms with E-state index in [1.165, 1.54) is 15.7 Å². The molecule has 1 aromatic heterocycles. The number of pyridine rings is 1. The van der Waals surface area contributed by atoms with E-state index < -0.39 is 0 Å². The molecule has 0 bridgehead atoms. The molecule has 0 fully saturated rings. The molecule has 0 saturated heterocycles. The molecule has 17 heavy (non-hydrogen) atoms. The third-order valence-corrected chi connectivity index (χ3v) is 3.84. The van der Waals surface area contributed by atoms with Crippen molar-refractivity contribution in [2.45, 2.75) is 43.9 Å².